The highest BCUT2D eigenvalue weighted by molar-refractivity contribution is 5.95. The predicted octanol–water partition coefficient (Wildman–Crippen LogP) is 2.39. The Balaban J connectivity index is 1.25. The average Bonchev–Trinajstić information content (AvgIpc) is 3.28. The zero-order valence-corrected chi connectivity index (χ0v) is 22.0. The van der Waals surface area contributed by atoms with Crippen molar-refractivity contribution in [3.63, 3.8) is 0 Å². The molecule has 0 spiro atoms. The Kier molecular flexibility index (Phi) is 8.67. The van der Waals surface area contributed by atoms with Gasteiger partial charge in [0.25, 0.3) is 5.91 Å². The summed E-state index contributed by atoms with van der Waals surface area (Å²) in [5.41, 5.74) is 3.04. The summed E-state index contributed by atoms with van der Waals surface area (Å²) in [7, 11) is 0. The van der Waals surface area contributed by atoms with E-state index in [1.165, 1.54) is 6.33 Å². The lowest BCUT2D eigenvalue weighted by Crippen LogP contribution is -2.45. The molecule has 1 fully saturated rings. The third kappa shape index (κ3) is 6.72. The molecule has 1 unspecified atom stereocenters. The van der Waals surface area contributed by atoms with Gasteiger partial charge in [0.05, 0.1) is 11.6 Å². The lowest BCUT2D eigenvalue weighted by Gasteiger charge is -2.33. The molecule has 3 N–H and O–H groups in total. The van der Waals surface area contributed by atoms with E-state index in [2.05, 4.69) is 35.9 Å². The van der Waals surface area contributed by atoms with E-state index < -0.39 is 0 Å². The van der Waals surface area contributed by atoms with Crippen molar-refractivity contribution in [2.75, 3.05) is 36.4 Å². The van der Waals surface area contributed by atoms with Crippen LogP contribution in [-0.2, 0) is 9.59 Å². The Morgan fingerprint density at radius 2 is 1.74 bits per heavy atom. The molecule has 3 amide bonds. The first-order valence-electron chi connectivity index (χ1n) is 12.9. The summed E-state index contributed by atoms with van der Waals surface area (Å²) in [5, 5.41) is 13.0. The molecule has 0 radical (unpaired) electrons. The normalized spacial score (nSPS) is 15.1. The van der Waals surface area contributed by atoms with Crippen LogP contribution >= 0.6 is 0 Å². The van der Waals surface area contributed by atoms with Crippen LogP contribution in [0.5, 0.6) is 0 Å². The molecular weight excluding hydrogens is 484 g/mol. The molecule has 1 aliphatic heterocycles. The Labute approximate surface area is 222 Å². The number of nitrogens with one attached hydrogen (secondary N) is 3. The molecule has 1 saturated heterocycles. The van der Waals surface area contributed by atoms with Crippen LogP contribution in [0.1, 0.15) is 47.9 Å². The van der Waals surface area contributed by atoms with Crippen LogP contribution < -0.4 is 20.9 Å². The van der Waals surface area contributed by atoms with Gasteiger partial charge in [0, 0.05) is 55.6 Å². The highest BCUT2D eigenvalue weighted by Crippen LogP contribution is 2.23. The summed E-state index contributed by atoms with van der Waals surface area (Å²) >= 11 is 0. The molecule has 11 heteroatoms. The second kappa shape index (κ2) is 12.3. The number of piperidine rings is 1. The van der Waals surface area contributed by atoms with Gasteiger partial charge in [-0.15, -0.1) is 0 Å². The van der Waals surface area contributed by atoms with Crippen molar-refractivity contribution in [2.45, 2.75) is 40.0 Å². The van der Waals surface area contributed by atoms with E-state index in [0.717, 1.165) is 36.6 Å². The molecule has 1 aliphatic rings. The number of anilines is 2. The number of nitrogens with zero attached hydrogens (tertiary/aromatic N) is 5. The van der Waals surface area contributed by atoms with Crippen LogP contribution in [0.25, 0.3) is 5.82 Å². The molecule has 200 valence electrons. The molecular formula is C27H34N8O3. The van der Waals surface area contributed by atoms with Crippen molar-refractivity contribution in [3.05, 3.63) is 59.7 Å². The molecule has 0 aliphatic carbocycles. The highest BCUT2D eigenvalue weighted by Gasteiger charge is 2.26. The first-order valence-corrected chi connectivity index (χ1v) is 12.9. The largest absolute Gasteiger partial charge is 0.356 e. The molecule has 0 bridgehead atoms. The summed E-state index contributed by atoms with van der Waals surface area (Å²) in [4.78, 5) is 47.6. The van der Waals surface area contributed by atoms with Gasteiger partial charge < -0.3 is 20.9 Å². The fourth-order valence-electron chi connectivity index (χ4n) is 4.45. The van der Waals surface area contributed by atoms with Gasteiger partial charge in [-0.1, -0.05) is 6.92 Å². The van der Waals surface area contributed by atoms with Crippen molar-refractivity contribution in [2.24, 2.45) is 5.92 Å². The Morgan fingerprint density at radius 1 is 1.00 bits per heavy atom. The van der Waals surface area contributed by atoms with E-state index in [0.29, 0.717) is 43.1 Å². The summed E-state index contributed by atoms with van der Waals surface area (Å²) in [6.07, 6.45) is 3.59. The second-order valence-electron chi connectivity index (χ2n) is 9.38. The van der Waals surface area contributed by atoms with Crippen LogP contribution in [0.15, 0.2) is 42.7 Å². The SMILES string of the molecule is CCC(=O)Nc1ccc(C(=O)NCCNC(=O)C2CCCN(c3cc(-n4nc(C)cc4C)ncn3)C2)cc1. The van der Waals surface area contributed by atoms with Crippen molar-refractivity contribution in [3.8, 4) is 5.82 Å². The van der Waals surface area contributed by atoms with Crippen molar-refractivity contribution >= 4 is 29.2 Å². The third-order valence-electron chi connectivity index (χ3n) is 6.44. The van der Waals surface area contributed by atoms with Crippen LogP contribution in [0, 0.1) is 19.8 Å². The van der Waals surface area contributed by atoms with Gasteiger partial charge in [-0.3, -0.25) is 14.4 Å². The zero-order valence-electron chi connectivity index (χ0n) is 22.0. The lowest BCUT2D eigenvalue weighted by atomic mass is 9.97. The smallest absolute Gasteiger partial charge is 0.251 e. The summed E-state index contributed by atoms with van der Waals surface area (Å²) < 4.78 is 1.79. The topological polar surface area (TPSA) is 134 Å². The molecule has 2 aromatic heterocycles. The molecule has 38 heavy (non-hydrogen) atoms. The van der Waals surface area contributed by atoms with E-state index in [4.69, 9.17) is 0 Å². The van der Waals surface area contributed by atoms with Crippen molar-refractivity contribution < 1.29 is 14.4 Å². The minimum Gasteiger partial charge on any atom is -0.356 e. The Hall–Kier alpha value is -4.28. The standard InChI is InChI=1S/C27H34N8O3/c1-4-25(36)32-22-9-7-20(8-10-22)26(37)28-11-12-29-27(38)21-6-5-13-34(16-21)23-15-24(31-17-30-23)35-19(3)14-18(2)33-35/h7-10,14-15,17,21H,4-6,11-13,16H2,1-3H3,(H,28,37)(H,29,38)(H,32,36). The number of carbonyl (C=O) groups excluding carboxylic acids is 3. The number of hydrogen-bond acceptors (Lipinski definition) is 7. The quantitative estimate of drug-likeness (QED) is 0.370. The summed E-state index contributed by atoms with van der Waals surface area (Å²) in [5.74, 6) is 0.944. The second-order valence-corrected chi connectivity index (χ2v) is 9.38. The fraction of sp³-hybridized carbons (Fsp3) is 0.407. The van der Waals surface area contributed by atoms with E-state index in [9.17, 15) is 14.4 Å². The van der Waals surface area contributed by atoms with Gasteiger partial charge in [0.1, 0.15) is 12.1 Å². The van der Waals surface area contributed by atoms with E-state index in [1.54, 1.807) is 35.9 Å². The van der Waals surface area contributed by atoms with Gasteiger partial charge in [0.2, 0.25) is 11.8 Å². The van der Waals surface area contributed by atoms with Crippen LogP contribution in [-0.4, -0.2) is 63.6 Å². The van der Waals surface area contributed by atoms with Crippen LogP contribution in [0.2, 0.25) is 0 Å². The monoisotopic (exact) mass is 518 g/mol. The molecule has 0 saturated carbocycles. The van der Waals surface area contributed by atoms with Gasteiger partial charge in [-0.25, -0.2) is 14.6 Å². The molecule has 3 aromatic rings. The minimum absolute atomic E-state index is 0.0345. The third-order valence-corrected chi connectivity index (χ3v) is 6.44. The van der Waals surface area contributed by atoms with E-state index >= 15 is 0 Å². The summed E-state index contributed by atoms with van der Waals surface area (Å²) in [6.45, 7) is 7.72. The number of aryl methyl sites for hydroxylation is 2. The zero-order chi connectivity index (χ0) is 27.1. The first kappa shape index (κ1) is 26.8. The van der Waals surface area contributed by atoms with Crippen LogP contribution in [0.3, 0.4) is 0 Å². The molecule has 1 aromatic carbocycles. The number of hydrogen-bond donors (Lipinski definition) is 3. The lowest BCUT2D eigenvalue weighted by molar-refractivity contribution is -0.125. The molecule has 11 nitrogen and oxygen atoms in total. The van der Waals surface area contributed by atoms with E-state index in [-0.39, 0.29) is 23.6 Å². The molecule has 1 atom stereocenters. The number of carbonyl (C=O) groups is 3. The number of rotatable bonds is 9. The van der Waals surface area contributed by atoms with Crippen molar-refractivity contribution in [1.29, 1.82) is 0 Å². The van der Waals surface area contributed by atoms with Gasteiger partial charge in [0.15, 0.2) is 5.82 Å². The number of aromatic nitrogens is 4. The maximum absolute atomic E-state index is 12.8. The highest BCUT2D eigenvalue weighted by atomic mass is 16.2. The first-order chi connectivity index (χ1) is 18.3. The minimum atomic E-state index is -0.237. The average molecular weight is 519 g/mol. The number of amides is 3. The van der Waals surface area contributed by atoms with Crippen LogP contribution in [0.4, 0.5) is 11.5 Å². The fourth-order valence-corrected chi connectivity index (χ4v) is 4.45. The Bertz CT molecular complexity index is 1290. The van der Waals surface area contributed by atoms with Gasteiger partial charge in [-0.2, -0.15) is 5.10 Å². The van der Waals surface area contributed by atoms with E-state index in [1.807, 2.05) is 26.0 Å². The van der Waals surface area contributed by atoms with Crippen molar-refractivity contribution in [1.82, 2.24) is 30.4 Å². The number of benzene rings is 1. The predicted molar refractivity (Wildman–Crippen MR) is 144 cm³/mol. The van der Waals surface area contributed by atoms with Gasteiger partial charge >= 0.3 is 0 Å². The maximum atomic E-state index is 12.8. The van der Waals surface area contributed by atoms with Gasteiger partial charge in [-0.05, 0) is 57.0 Å². The molecule has 4 rings (SSSR count). The summed E-state index contributed by atoms with van der Waals surface area (Å²) in [6, 6.07) is 10.6. The Morgan fingerprint density at radius 3 is 2.45 bits per heavy atom. The maximum Gasteiger partial charge on any atom is 0.251 e. The molecule has 3 heterocycles.